The molecule has 0 saturated carbocycles. The number of aromatic amines is 1. The summed E-state index contributed by atoms with van der Waals surface area (Å²) in [7, 11) is 0. The van der Waals surface area contributed by atoms with Crippen molar-refractivity contribution in [2.45, 2.75) is 47.1 Å². The molecule has 1 amide bonds. The van der Waals surface area contributed by atoms with Gasteiger partial charge in [0.15, 0.2) is 0 Å². The first-order valence-corrected chi connectivity index (χ1v) is 9.78. The Kier molecular flexibility index (Phi) is 6.17. The fraction of sp³-hybridized carbons (Fsp3) is 0.333. The lowest BCUT2D eigenvalue weighted by atomic mass is 10.1. The standard InChI is InChI=1S/C21H24ClN5O2/c1-12-13(2)24-21(25-20(12)29)27-15(4)18(14(3)26-27)9-10-19(28)23-11-16-5-7-17(22)8-6-16/h5-8H,9-11H2,1-4H3,(H,23,28)(H,24,25,29). The van der Waals surface area contributed by atoms with E-state index in [9.17, 15) is 9.59 Å². The maximum absolute atomic E-state index is 12.3. The van der Waals surface area contributed by atoms with Crippen LogP contribution in [-0.2, 0) is 17.8 Å². The molecule has 0 atom stereocenters. The van der Waals surface area contributed by atoms with Gasteiger partial charge in [-0.15, -0.1) is 0 Å². The van der Waals surface area contributed by atoms with Crippen molar-refractivity contribution in [2.75, 3.05) is 0 Å². The predicted octanol–water partition coefficient (Wildman–Crippen LogP) is 3.09. The first-order valence-electron chi connectivity index (χ1n) is 9.40. The average molecular weight is 414 g/mol. The number of hydrogen-bond donors (Lipinski definition) is 2. The lowest BCUT2D eigenvalue weighted by Gasteiger charge is -2.07. The van der Waals surface area contributed by atoms with E-state index in [1.807, 2.05) is 26.0 Å². The normalized spacial score (nSPS) is 10.9. The number of carbonyl (C=O) groups excluding carboxylic acids is 1. The molecule has 0 aliphatic heterocycles. The van der Waals surface area contributed by atoms with E-state index < -0.39 is 0 Å². The number of halogens is 1. The second kappa shape index (κ2) is 8.61. The molecular formula is C21H24ClN5O2. The number of benzene rings is 1. The summed E-state index contributed by atoms with van der Waals surface area (Å²) in [6, 6.07) is 7.38. The van der Waals surface area contributed by atoms with Crippen LogP contribution >= 0.6 is 11.6 Å². The highest BCUT2D eigenvalue weighted by molar-refractivity contribution is 6.30. The van der Waals surface area contributed by atoms with Crippen LogP contribution in [0.1, 0.15) is 40.2 Å². The van der Waals surface area contributed by atoms with Crippen molar-refractivity contribution >= 4 is 17.5 Å². The molecule has 2 heterocycles. The lowest BCUT2D eigenvalue weighted by molar-refractivity contribution is -0.121. The smallest absolute Gasteiger partial charge is 0.255 e. The molecule has 0 bridgehead atoms. The molecular weight excluding hydrogens is 390 g/mol. The Morgan fingerprint density at radius 3 is 2.48 bits per heavy atom. The second-order valence-corrected chi connectivity index (χ2v) is 7.50. The number of amides is 1. The van der Waals surface area contributed by atoms with Gasteiger partial charge in [-0.1, -0.05) is 23.7 Å². The van der Waals surface area contributed by atoms with Crippen molar-refractivity contribution < 1.29 is 4.79 Å². The van der Waals surface area contributed by atoms with Gasteiger partial charge in [0.05, 0.1) is 5.69 Å². The number of H-pyrrole nitrogens is 1. The summed E-state index contributed by atoms with van der Waals surface area (Å²) in [6.45, 7) is 7.80. The first kappa shape index (κ1) is 20.8. The Labute approximate surface area is 174 Å². The molecule has 2 N–H and O–H groups in total. The number of rotatable bonds is 6. The van der Waals surface area contributed by atoms with Crippen LogP contribution in [0.5, 0.6) is 0 Å². The Balaban J connectivity index is 1.68. The molecule has 0 aliphatic carbocycles. The van der Waals surface area contributed by atoms with Gasteiger partial charge < -0.3 is 5.32 Å². The predicted molar refractivity (Wildman–Crippen MR) is 113 cm³/mol. The van der Waals surface area contributed by atoms with Crippen molar-refractivity contribution in [1.29, 1.82) is 0 Å². The van der Waals surface area contributed by atoms with Gasteiger partial charge in [-0.2, -0.15) is 5.10 Å². The summed E-state index contributed by atoms with van der Waals surface area (Å²) < 4.78 is 1.63. The Morgan fingerprint density at radius 2 is 1.83 bits per heavy atom. The number of carbonyl (C=O) groups is 1. The zero-order chi connectivity index (χ0) is 21.1. The van der Waals surface area contributed by atoms with Gasteiger partial charge in [0, 0.05) is 34.9 Å². The number of aryl methyl sites for hydroxylation is 2. The molecule has 0 unspecified atom stereocenters. The van der Waals surface area contributed by atoms with Crippen molar-refractivity contribution in [2.24, 2.45) is 0 Å². The molecule has 0 fully saturated rings. The molecule has 0 aliphatic rings. The van der Waals surface area contributed by atoms with Crippen LogP contribution in [0.2, 0.25) is 5.02 Å². The van der Waals surface area contributed by atoms with Crippen LogP contribution in [0.25, 0.3) is 5.95 Å². The van der Waals surface area contributed by atoms with Gasteiger partial charge in [-0.05, 0) is 57.4 Å². The zero-order valence-electron chi connectivity index (χ0n) is 17.0. The Bertz CT molecular complexity index is 1100. The second-order valence-electron chi connectivity index (χ2n) is 7.06. The third-order valence-electron chi connectivity index (χ3n) is 5.03. The Morgan fingerprint density at radius 1 is 1.14 bits per heavy atom. The number of nitrogens with one attached hydrogen (secondary N) is 2. The monoisotopic (exact) mass is 413 g/mol. The van der Waals surface area contributed by atoms with Gasteiger partial charge >= 0.3 is 0 Å². The van der Waals surface area contributed by atoms with Crippen molar-refractivity contribution in [3.05, 3.63) is 73.4 Å². The SMILES string of the molecule is Cc1nn(-c2nc(C)c(C)c(=O)[nH]2)c(C)c1CCC(=O)NCc1ccc(Cl)cc1. The van der Waals surface area contributed by atoms with Gasteiger partial charge in [-0.25, -0.2) is 9.67 Å². The summed E-state index contributed by atoms with van der Waals surface area (Å²) >= 11 is 5.87. The third kappa shape index (κ3) is 4.74. The largest absolute Gasteiger partial charge is 0.352 e. The summed E-state index contributed by atoms with van der Waals surface area (Å²) in [5.74, 6) is 0.348. The van der Waals surface area contributed by atoms with Crippen LogP contribution in [-0.4, -0.2) is 25.7 Å². The van der Waals surface area contributed by atoms with E-state index in [0.29, 0.717) is 41.6 Å². The highest BCUT2D eigenvalue weighted by atomic mass is 35.5. The molecule has 2 aromatic heterocycles. The van der Waals surface area contributed by atoms with E-state index in [1.54, 1.807) is 30.7 Å². The van der Waals surface area contributed by atoms with Crippen LogP contribution in [0, 0.1) is 27.7 Å². The van der Waals surface area contributed by atoms with Crippen molar-refractivity contribution in [3.8, 4) is 5.95 Å². The fourth-order valence-corrected chi connectivity index (χ4v) is 3.23. The molecule has 3 aromatic rings. The minimum atomic E-state index is -0.178. The summed E-state index contributed by atoms with van der Waals surface area (Å²) in [5.41, 5.74) is 4.73. The molecule has 8 heteroatoms. The number of hydrogen-bond acceptors (Lipinski definition) is 4. The average Bonchev–Trinajstić information content (AvgIpc) is 2.97. The molecule has 7 nitrogen and oxygen atoms in total. The highest BCUT2D eigenvalue weighted by Gasteiger charge is 2.16. The van der Waals surface area contributed by atoms with E-state index in [0.717, 1.165) is 22.5 Å². The van der Waals surface area contributed by atoms with Crippen LogP contribution in [0.3, 0.4) is 0 Å². The maximum atomic E-state index is 12.3. The molecule has 0 saturated heterocycles. The fourth-order valence-electron chi connectivity index (χ4n) is 3.10. The quantitative estimate of drug-likeness (QED) is 0.649. The van der Waals surface area contributed by atoms with Gasteiger partial charge in [0.1, 0.15) is 0 Å². The van der Waals surface area contributed by atoms with Crippen LogP contribution in [0.15, 0.2) is 29.1 Å². The maximum Gasteiger partial charge on any atom is 0.255 e. The number of aromatic nitrogens is 4. The topological polar surface area (TPSA) is 92.7 Å². The summed E-state index contributed by atoms with van der Waals surface area (Å²) in [5, 5.41) is 8.10. The molecule has 0 radical (unpaired) electrons. The molecule has 3 rings (SSSR count). The van der Waals surface area contributed by atoms with Gasteiger partial charge in [-0.3, -0.25) is 14.6 Å². The lowest BCUT2D eigenvalue weighted by Crippen LogP contribution is -2.23. The van der Waals surface area contributed by atoms with E-state index in [-0.39, 0.29) is 11.5 Å². The third-order valence-corrected chi connectivity index (χ3v) is 5.28. The van der Waals surface area contributed by atoms with Crippen molar-refractivity contribution in [3.63, 3.8) is 0 Å². The molecule has 0 spiro atoms. The van der Waals surface area contributed by atoms with Crippen LogP contribution < -0.4 is 10.9 Å². The first-order chi connectivity index (χ1) is 13.8. The summed E-state index contributed by atoms with van der Waals surface area (Å²) in [4.78, 5) is 31.5. The van der Waals surface area contributed by atoms with E-state index in [1.165, 1.54) is 0 Å². The minimum Gasteiger partial charge on any atom is -0.352 e. The molecule has 29 heavy (non-hydrogen) atoms. The van der Waals surface area contributed by atoms with Crippen molar-refractivity contribution in [1.82, 2.24) is 25.1 Å². The Hall–Kier alpha value is -2.93. The van der Waals surface area contributed by atoms with E-state index >= 15 is 0 Å². The van der Waals surface area contributed by atoms with E-state index in [2.05, 4.69) is 20.4 Å². The molecule has 152 valence electrons. The number of nitrogens with zero attached hydrogens (tertiary/aromatic N) is 3. The van der Waals surface area contributed by atoms with Gasteiger partial charge in [0.25, 0.3) is 5.56 Å². The summed E-state index contributed by atoms with van der Waals surface area (Å²) in [6.07, 6.45) is 0.900. The van der Waals surface area contributed by atoms with Gasteiger partial charge in [0.2, 0.25) is 11.9 Å². The highest BCUT2D eigenvalue weighted by Crippen LogP contribution is 2.18. The minimum absolute atomic E-state index is 0.0378. The van der Waals surface area contributed by atoms with Crippen LogP contribution in [0.4, 0.5) is 0 Å². The van der Waals surface area contributed by atoms with E-state index in [4.69, 9.17) is 11.6 Å². The molecule has 1 aromatic carbocycles. The zero-order valence-corrected chi connectivity index (χ0v) is 17.7.